The number of hydrazone groups is 1. The van der Waals surface area contributed by atoms with Crippen molar-refractivity contribution in [2.24, 2.45) is 10.8 Å². The number of urea groups is 1. The van der Waals surface area contributed by atoms with Gasteiger partial charge in [0.2, 0.25) is 0 Å². The number of carbonyl (C=O) groups excluding carboxylic acids is 1. The number of aliphatic hydroxyl groups is 1. The van der Waals surface area contributed by atoms with Crippen molar-refractivity contribution >= 4 is 12.2 Å². The predicted molar refractivity (Wildman–Crippen MR) is 79.8 cm³/mol. The molecule has 0 saturated heterocycles. The highest BCUT2D eigenvalue weighted by molar-refractivity contribution is 5.87. The van der Waals surface area contributed by atoms with Crippen LogP contribution in [0.5, 0.6) is 5.75 Å². The molecule has 0 unspecified atom stereocenters. The normalized spacial score (nSPS) is 10.7. The average molecular weight is 285 g/mol. The van der Waals surface area contributed by atoms with Crippen LogP contribution < -0.4 is 11.2 Å². The molecule has 2 aromatic carbocycles. The molecular weight excluding hydrogens is 270 g/mol. The molecule has 0 aliphatic heterocycles. The van der Waals surface area contributed by atoms with Crippen molar-refractivity contribution in [3.63, 3.8) is 0 Å². The number of phenolic OH excluding ortho intramolecular Hbond substituents is 1. The zero-order chi connectivity index (χ0) is 15.2. The van der Waals surface area contributed by atoms with Gasteiger partial charge in [-0.3, -0.25) is 0 Å². The van der Waals surface area contributed by atoms with E-state index >= 15 is 0 Å². The van der Waals surface area contributed by atoms with Crippen molar-refractivity contribution in [2.75, 3.05) is 0 Å². The lowest BCUT2D eigenvalue weighted by molar-refractivity contribution is 0.249. The number of nitrogens with two attached hydrogens (primary N) is 1. The summed E-state index contributed by atoms with van der Waals surface area (Å²) < 4.78 is 0. The molecular formula is C15H15N3O3. The van der Waals surface area contributed by atoms with Crippen molar-refractivity contribution in [1.82, 2.24) is 5.43 Å². The molecule has 6 heteroatoms. The maximum Gasteiger partial charge on any atom is 0.332 e. The SMILES string of the molecule is NC(=O)NN=Cc1cc(-c2cccc(CO)c2)ccc1O. The van der Waals surface area contributed by atoms with Crippen LogP contribution >= 0.6 is 0 Å². The van der Waals surface area contributed by atoms with E-state index in [-0.39, 0.29) is 12.4 Å². The molecule has 0 spiro atoms. The predicted octanol–water partition coefficient (Wildman–Crippen LogP) is 1.55. The molecule has 6 nitrogen and oxygen atoms in total. The Morgan fingerprint density at radius 2 is 2.00 bits per heavy atom. The molecule has 0 aliphatic carbocycles. The van der Waals surface area contributed by atoms with Crippen LogP contribution in [-0.4, -0.2) is 22.5 Å². The van der Waals surface area contributed by atoms with Crippen LogP contribution in [0.15, 0.2) is 47.6 Å². The second-order valence-electron chi connectivity index (χ2n) is 4.37. The highest BCUT2D eigenvalue weighted by Crippen LogP contribution is 2.25. The number of rotatable bonds is 4. The van der Waals surface area contributed by atoms with Gasteiger partial charge in [-0.1, -0.05) is 24.3 Å². The highest BCUT2D eigenvalue weighted by Gasteiger charge is 2.04. The number of aromatic hydroxyl groups is 1. The number of carbonyl (C=O) groups is 1. The lowest BCUT2D eigenvalue weighted by Crippen LogP contribution is -2.24. The molecule has 2 amide bonds. The molecule has 0 radical (unpaired) electrons. The zero-order valence-electron chi connectivity index (χ0n) is 11.2. The Morgan fingerprint density at radius 3 is 2.71 bits per heavy atom. The van der Waals surface area contributed by atoms with Crippen LogP contribution in [0.4, 0.5) is 4.79 Å². The van der Waals surface area contributed by atoms with Gasteiger partial charge in [-0.15, -0.1) is 0 Å². The number of aliphatic hydroxyl groups excluding tert-OH is 1. The number of primary amides is 1. The fourth-order valence-electron chi connectivity index (χ4n) is 1.85. The molecule has 2 aromatic rings. The van der Waals surface area contributed by atoms with Gasteiger partial charge in [0, 0.05) is 5.56 Å². The smallest absolute Gasteiger partial charge is 0.332 e. The van der Waals surface area contributed by atoms with Crippen molar-refractivity contribution in [2.45, 2.75) is 6.61 Å². The molecule has 0 heterocycles. The summed E-state index contributed by atoms with van der Waals surface area (Å²) in [5.74, 6) is 0.0343. The van der Waals surface area contributed by atoms with Gasteiger partial charge in [0.05, 0.1) is 12.8 Å². The molecule has 0 fully saturated rings. The van der Waals surface area contributed by atoms with Gasteiger partial charge < -0.3 is 15.9 Å². The van der Waals surface area contributed by atoms with Crippen molar-refractivity contribution in [1.29, 1.82) is 0 Å². The average Bonchev–Trinajstić information content (AvgIpc) is 2.49. The molecule has 0 atom stereocenters. The second-order valence-corrected chi connectivity index (χ2v) is 4.37. The Labute approximate surface area is 121 Å². The van der Waals surface area contributed by atoms with E-state index in [2.05, 4.69) is 10.5 Å². The largest absolute Gasteiger partial charge is 0.507 e. The van der Waals surface area contributed by atoms with E-state index in [4.69, 9.17) is 10.8 Å². The fraction of sp³-hybridized carbons (Fsp3) is 0.0667. The first-order valence-corrected chi connectivity index (χ1v) is 6.22. The van der Waals surface area contributed by atoms with Crippen LogP contribution in [0, 0.1) is 0 Å². The van der Waals surface area contributed by atoms with Gasteiger partial charge >= 0.3 is 6.03 Å². The number of hydrogen-bond donors (Lipinski definition) is 4. The van der Waals surface area contributed by atoms with Gasteiger partial charge in [-0.05, 0) is 34.9 Å². The third-order valence-corrected chi connectivity index (χ3v) is 2.85. The first kappa shape index (κ1) is 14.5. The number of amides is 2. The summed E-state index contributed by atoms with van der Waals surface area (Å²) in [5.41, 5.74) is 9.95. The first-order chi connectivity index (χ1) is 10.1. The van der Waals surface area contributed by atoms with Gasteiger partial charge in [-0.2, -0.15) is 5.10 Å². The summed E-state index contributed by atoms with van der Waals surface area (Å²) in [7, 11) is 0. The molecule has 108 valence electrons. The van der Waals surface area contributed by atoms with Crippen LogP contribution in [0.25, 0.3) is 11.1 Å². The van der Waals surface area contributed by atoms with Crippen LogP contribution in [0.1, 0.15) is 11.1 Å². The lowest BCUT2D eigenvalue weighted by atomic mass is 10.0. The van der Waals surface area contributed by atoms with E-state index < -0.39 is 6.03 Å². The number of phenols is 1. The van der Waals surface area contributed by atoms with E-state index in [9.17, 15) is 9.90 Å². The first-order valence-electron chi connectivity index (χ1n) is 6.22. The minimum Gasteiger partial charge on any atom is -0.507 e. The third kappa shape index (κ3) is 3.80. The summed E-state index contributed by atoms with van der Waals surface area (Å²) >= 11 is 0. The molecule has 2 rings (SSSR count). The van der Waals surface area contributed by atoms with Crippen molar-refractivity contribution in [3.05, 3.63) is 53.6 Å². The standard InChI is InChI=1S/C15H15N3O3/c16-15(21)18-17-8-13-7-12(4-5-14(13)20)11-3-1-2-10(6-11)9-19/h1-8,19-20H,9H2,(H3,16,18,21). The summed E-state index contributed by atoms with van der Waals surface area (Å²) in [4.78, 5) is 10.5. The van der Waals surface area contributed by atoms with Gasteiger partial charge in [0.25, 0.3) is 0 Å². The highest BCUT2D eigenvalue weighted by atomic mass is 16.3. The monoisotopic (exact) mass is 285 g/mol. The Balaban J connectivity index is 2.33. The molecule has 0 saturated carbocycles. The van der Waals surface area contributed by atoms with Gasteiger partial charge in [0.15, 0.2) is 0 Å². The summed E-state index contributed by atoms with van der Waals surface area (Å²) in [6.45, 7) is -0.0389. The number of nitrogens with one attached hydrogen (secondary N) is 1. The summed E-state index contributed by atoms with van der Waals surface area (Å²) in [5, 5.41) is 22.6. The van der Waals surface area contributed by atoms with E-state index in [0.29, 0.717) is 5.56 Å². The van der Waals surface area contributed by atoms with E-state index in [0.717, 1.165) is 16.7 Å². The molecule has 5 N–H and O–H groups in total. The number of nitrogens with zero attached hydrogens (tertiary/aromatic N) is 1. The molecule has 0 bridgehead atoms. The van der Waals surface area contributed by atoms with E-state index in [1.807, 2.05) is 24.3 Å². The minimum absolute atomic E-state index is 0.0343. The van der Waals surface area contributed by atoms with Crippen molar-refractivity contribution in [3.8, 4) is 16.9 Å². The quantitative estimate of drug-likeness (QED) is 0.505. The van der Waals surface area contributed by atoms with Gasteiger partial charge in [0.1, 0.15) is 5.75 Å². The lowest BCUT2D eigenvalue weighted by Gasteiger charge is -2.06. The van der Waals surface area contributed by atoms with E-state index in [1.54, 1.807) is 12.1 Å². The Kier molecular flexibility index (Phi) is 4.53. The second kappa shape index (κ2) is 6.53. The molecule has 0 aliphatic rings. The number of benzene rings is 2. The van der Waals surface area contributed by atoms with Crippen LogP contribution in [0.2, 0.25) is 0 Å². The summed E-state index contributed by atoms with van der Waals surface area (Å²) in [6.07, 6.45) is 1.31. The third-order valence-electron chi connectivity index (χ3n) is 2.85. The van der Waals surface area contributed by atoms with E-state index in [1.165, 1.54) is 12.3 Å². The van der Waals surface area contributed by atoms with Crippen molar-refractivity contribution < 1.29 is 15.0 Å². The Hall–Kier alpha value is -2.86. The topological polar surface area (TPSA) is 108 Å². The van der Waals surface area contributed by atoms with Crippen LogP contribution in [0.3, 0.4) is 0 Å². The number of hydrogen-bond acceptors (Lipinski definition) is 4. The maximum absolute atomic E-state index is 10.5. The fourth-order valence-corrected chi connectivity index (χ4v) is 1.85. The zero-order valence-corrected chi connectivity index (χ0v) is 11.2. The maximum atomic E-state index is 10.5. The van der Waals surface area contributed by atoms with Crippen LogP contribution in [-0.2, 0) is 6.61 Å². The summed E-state index contributed by atoms with van der Waals surface area (Å²) in [6, 6.07) is 11.6. The molecule has 0 aromatic heterocycles. The Morgan fingerprint density at radius 1 is 1.24 bits per heavy atom. The van der Waals surface area contributed by atoms with Gasteiger partial charge in [-0.25, -0.2) is 10.2 Å². The Bertz CT molecular complexity index is 684. The minimum atomic E-state index is -0.780. The molecule has 21 heavy (non-hydrogen) atoms.